The fourth-order valence-electron chi connectivity index (χ4n) is 1.70. The van der Waals surface area contributed by atoms with Crippen LogP contribution in [-0.4, -0.2) is 32.4 Å². The second kappa shape index (κ2) is 5.14. The average Bonchev–Trinajstić information content (AvgIpc) is 2.68. The van der Waals surface area contributed by atoms with Crippen LogP contribution in [-0.2, 0) is 0 Å². The van der Waals surface area contributed by atoms with E-state index in [9.17, 15) is 5.11 Å². The highest BCUT2D eigenvalue weighted by Crippen LogP contribution is 2.07. The minimum atomic E-state index is -0.339. The topological polar surface area (TPSA) is 62.5 Å². The Morgan fingerprint density at radius 1 is 1.53 bits per heavy atom. The lowest BCUT2D eigenvalue weighted by Crippen LogP contribution is -2.19. The summed E-state index contributed by atoms with van der Waals surface area (Å²) >= 11 is 0. The molecule has 0 bridgehead atoms. The molecule has 2 aromatic rings. The number of aliphatic hydroxyl groups is 1. The molecule has 0 saturated carbocycles. The molecular weight excluding hydrogens is 216 g/mol. The first-order valence-corrected chi connectivity index (χ1v) is 5.94. The molecular formula is C12H18N4O. The van der Waals surface area contributed by atoms with Crippen molar-refractivity contribution in [3.63, 3.8) is 0 Å². The fraction of sp³-hybridized carbons (Fsp3) is 0.500. The molecule has 2 aromatic heterocycles. The molecule has 2 heterocycles. The molecule has 5 nitrogen and oxygen atoms in total. The van der Waals surface area contributed by atoms with E-state index in [1.54, 1.807) is 4.52 Å². The summed E-state index contributed by atoms with van der Waals surface area (Å²) in [6, 6.07) is 3.96. The van der Waals surface area contributed by atoms with E-state index in [0.717, 1.165) is 24.1 Å². The predicted octanol–water partition coefficient (Wildman–Crippen LogP) is 1.61. The molecule has 5 heteroatoms. The summed E-state index contributed by atoms with van der Waals surface area (Å²) in [5.41, 5.74) is 1.97. The molecule has 17 heavy (non-hydrogen) atoms. The monoisotopic (exact) mass is 234 g/mol. The first-order valence-electron chi connectivity index (χ1n) is 5.94. The standard InChI is InChI=1S/C12H18N4O/c1-3-4-10(17)8-13-12-14-11-7-9(2)5-6-16(11)15-12/h5-7,10,17H,3-4,8H2,1-2H3,(H,13,15). The van der Waals surface area contributed by atoms with Gasteiger partial charge in [-0.2, -0.15) is 4.98 Å². The molecule has 0 fully saturated rings. The van der Waals surface area contributed by atoms with E-state index in [0.29, 0.717) is 12.5 Å². The highest BCUT2D eigenvalue weighted by atomic mass is 16.3. The van der Waals surface area contributed by atoms with Gasteiger partial charge in [-0.15, -0.1) is 5.10 Å². The first kappa shape index (κ1) is 11.9. The number of pyridine rings is 1. The van der Waals surface area contributed by atoms with E-state index in [2.05, 4.69) is 22.3 Å². The Bertz CT molecular complexity index is 494. The molecule has 2 rings (SSSR count). The highest BCUT2D eigenvalue weighted by Gasteiger charge is 2.06. The van der Waals surface area contributed by atoms with Gasteiger partial charge in [-0.25, -0.2) is 4.52 Å². The predicted molar refractivity (Wildman–Crippen MR) is 67.1 cm³/mol. The van der Waals surface area contributed by atoms with E-state index >= 15 is 0 Å². The number of hydrogen-bond acceptors (Lipinski definition) is 4. The van der Waals surface area contributed by atoms with Crippen molar-refractivity contribution in [2.24, 2.45) is 0 Å². The quantitative estimate of drug-likeness (QED) is 0.825. The first-order chi connectivity index (χ1) is 8.19. The van der Waals surface area contributed by atoms with Gasteiger partial charge < -0.3 is 10.4 Å². The normalized spacial score (nSPS) is 12.9. The van der Waals surface area contributed by atoms with E-state index in [4.69, 9.17) is 0 Å². The third-order valence-electron chi connectivity index (χ3n) is 2.61. The van der Waals surface area contributed by atoms with Crippen molar-refractivity contribution in [3.05, 3.63) is 23.9 Å². The summed E-state index contributed by atoms with van der Waals surface area (Å²) in [5, 5.41) is 16.9. The minimum absolute atomic E-state index is 0.339. The maximum absolute atomic E-state index is 9.60. The van der Waals surface area contributed by atoms with Crippen LogP contribution in [0, 0.1) is 6.92 Å². The van der Waals surface area contributed by atoms with Crippen LogP contribution in [0.5, 0.6) is 0 Å². The number of nitrogens with zero attached hydrogens (tertiary/aromatic N) is 3. The maximum Gasteiger partial charge on any atom is 0.243 e. The summed E-state index contributed by atoms with van der Waals surface area (Å²) in [7, 11) is 0. The number of hydrogen-bond donors (Lipinski definition) is 2. The number of rotatable bonds is 5. The van der Waals surface area contributed by atoms with Gasteiger partial charge in [-0.05, 0) is 31.0 Å². The lowest BCUT2D eigenvalue weighted by Gasteiger charge is -2.08. The zero-order chi connectivity index (χ0) is 12.3. The zero-order valence-electron chi connectivity index (χ0n) is 10.2. The third-order valence-corrected chi connectivity index (χ3v) is 2.61. The molecule has 0 aliphatic carbocycles. The molecule has 0 amide bonds. The van der Waals surface area contributed by atoms with Gasteiger partial charge in [-0.1, -0.05) is 13.3 Å². The SMILES string of the molecule is CCCC(O)CNc1nc2cc(C)ccn2n1. The summed E-state index contributed by atoms with van der Waals surface area (Å²) in [6.07, 6.45) is 3.30. The Morgan fingerprint density at radius 3 is 3.12 bits per heavy atom. The molecule has 0 radical (unpaired) electrons. The van der Waals surface area contributed by atoms with Crippen molar-refractivity contribution >= 4 is 11.6 Å². The van der Waals surface area contributed by atoms with Crippen molar-refractivity contribution in [2.75, 3.05) is 11.9 Å². The van der Waals surface area contributed by atoms with Crippen LogP contribution in [0.2, 0.25) is 0 Å². The number of nitrogens with one attached hydrogen (secondary N) is 1. The molecule has 92 valence electrons. The zero-order valence-corrected chi connectivity index (χ0v) is 10.2. The van der Waals surface area contributed by atoms with Crippen molar-refractivity contribution in [1.82, 2.24) is 14.6 Å². The number of aryl methyl sites for hydroxylation is 1. The Balaban J connectivity index is 2.04. The van der Waals surface area contributed by atoms with Crippen LogP contribution >= 0.6 is 0 Å². The second-order valence-electron chi connectivity index (χ2n) is 4.27. The number of aromatic nitrogens is 3. The smallest absolute Gasteiger partial charge is 0.243 e. The number of anilines is 1. The Kier molecular flexibility index (Phi) is 3.58. The summed E-state index contributed by atoms with van der Waals surface area (Å²) in [5.74, 6) is 0.561. The molecule has 0 aromatic carbocycles. The Labute approximate surface area is 100 Å². The molecule has 0 saturated heterocycles. The molecule has 0 aliphatic rings. The second-order valence-corrected chi connectivity index (χ2v) is 4.27. The van der Waals surface area contributed by atoms with Gasteiger partial charge in [0.25, 0.3) is 0 Å². The van der Waals surface area contributed by atoms with Gasteiger partial charge in [-0.3, -0.25) is 0 Å². The van der Waals surface area contributed by atoms with E-state index < -0.39 is 0 Å². The van der Waals surface area contributed by atoms with E-state index in [1.807, 2.05) is 25.3 Å². The van der Waals surface area contributed by atoms with Crippen molar-refractivity contribution < 1.29 is 5.11 Å². The van der Waals surface area contributed by atoms with Crippen molar-refractivity contribution in [1.29, 1.82) is 0 Å². The summed E-state index contributed by atoms with van der Waals surface area (Å²) in [6.45, 7) is 4.56. The van der Waals surface area contributed by atoms with Gasteiger partial charge in [0.05, 0.1) is 6.10 Å². The van der Waals surface area contributed by atoms with E-state index in [1.165, 1.54) is 0 Å². The number of fused-ring (bicyclic) bond motifs is 1. The molecule has 2 N–H and O–H groups in total. The van der Waals surface area contributed by atoms with Gasteiger partial charge in [0.15, 0.2) is 5.65 Å². The van der Waals surface area contributed by atoms with E-state index in [-0.39, 0.29) is 6.10 Å². The van der Waals surface area contributed by atoms with Gasteiger partial charge >= 0.3 is 0 Å². The van der Waals surface area contributed by atoms with Crippen LogP contribution < -0.4 is 5.32 Å². The largest absolute Gasteiger partial charge is 0.391 e. The Hall–Kier alpha value is -1.62. The fourth-order valence-corrected chi connectivity index (χ4v) is 1.70. The Morgan fingerprint density at radius 2 is 2.35 bits per heavy atom. The summed E-state index contributed by atoms with van der Waals surface area (Å²) < 4.78 is 1.72. The van der Waals surface area contributed by atoms with Gasteiger partial charge in [0, 0.05) is 12.7 Å². The summed E-state index contributed by atoms with van der Waals surface area (Å²) in [4.78, 5) is 4.34. The molecule has 1 unspecified atom stereocenters. The van der Waals surface area contributed by atoms with Gasteiger partial charge in [0.1, 0.15) is 0 Å². The highest BCUT2D eigenvalue weighted by molar-refractivity contribution is 5.45. The minimum Gasteiger partial charge on any atom is -0.391 e. The van der Waals surface area contributed by atoms with Crippen LogP contribution in [0.1, 0.15) is 25.3 Å². The molecule has 1 atom stereocenters. The average molecular weight is 234 g/mol. The van der Waals surface area contributed by atoms with Crippen LogP contribution in [0.25, 0.3) is 5.65 Å². The maximum atomic E-state index is 9.60. The number of aliphatic hydroxyl groups excluding tert-OH is 1. The lowest BCUT2D eigenvalue weighted by atomic mass is 10.2. The van der Waals surface area contributed by atoms with Crippen molar-refractivity contribution in [2.45, 2.75) is 32.8 Å². The molecule has 0 spiro atoms. The third kappa shape index (κ3) is 2.94. The van der Waals surface area contributed by atoms with Crippen LogP contribution in [0.3, 0.4) is 0 Å². The van der Waals surface area contributed by atoms with Gasteiger partial charge in [0.2, 0.25) is 5.95 Å². The lowest BCUT2D eigenvalue weighted by molar-refractivity contribution is 0.176. The molecule has 0 aliphatic heterocycles. The van der Waals surface area contributed by atoms with Crippen molar-refractivity contribution in [3.8, 4) is 0 Å². The van der Waals surface area contributed by atoms with Crippen LogP contribution in [0.15, 0.2) is 18.3 Å². The van der Waals surface area contributed by atoms with Crippen LogP contribution in [0.4, 0.5) is 5.95 Å².